The van der Waals surface area contributed by atoms with E-state index in [1.54, 1.807) is 7.11 Å². The topological polar surface area (TPSA) is 39.1 Å². The van der Waals surface area contributed by atoms with Gasteiger partial charge in [0.1, 0.15) is 0 Å². The van der Waals surface area contributed by atoms with Gasteiger partial charge in [0, 0.05) is 13.7 Å². The Morgan fingerprint density at radius 3 is 2.60 bits per heavy atom. The van der Waals surface area contributed by atoms with Crippen molar-refractivity contribution in [2.45, 2.75) is 65.1 Å². The van der Waals surface area contributed by atoms with Gasteiger partial charge in [-0.15, -0.1) is 0 Å². The monoisotopic (exact) mass is 345 g/mol. The van der Waals surface area contributed by atoms with E-state index in [1.807, 2.05) is 6.20 Å². The summed E-state index contributed by atoms with van der Waals surface area (Å²) in [5, 5.41) is 8.12. The Balaban J connectivity index is 3.04. The summed E-state index contributed by atoms with van der Waals surface area (Å²) < 4.78 is 8.90. The third-order valence-corrected chi connectivity index (χ3v) is 4.04. The first-order valence-corrected chi connectivity index (χ1v) is 8.46. The predicted octanol–water partition coefficient (Wildman–Crippen LogP) is 3.91. The van der Waals surface area contributed by atoms with Crippen LogP contribution < -0.4 is 5.32 Å². The van der Waals surface area contributed by atoms with E-state index in [2.05, 4.69) is 51.8 Å². The summed E-state index contributed by atoms with van der Waals surface area (Å²) in [4.78, 5) is 0. The molecular weight excluding hydrogens is 318 g/mol. The highest BCUT2D eigenvalue weighted by atomic mass is 79.9. The summed E-state index contributed by atoms with van der Waals surface area (Å²) in [6.07, 6.45) is 6.41. The summed E-state index contributed by atoms with van der Waals surface area (Å²) in [6, 6.07) is 0.184. The molecule has 2 unspecified atom stereocenters. The summed E-state index contributed by atoms with van der Waals surface area (Å²) >= 11 is 3.65. The molecule has 1 aromatic rings. The molecule has 5 heteroatoms. The van der Waals surface area contributed by atoms with Crippen LogP contribution in [0, 0.1) is 0 Å². The molecule has 2 atom stereocenters. The van der Waals surface area contributed by atoms with Crippen LogP contribution in [0.1, 0.15) is 58.2 Å². The van der Waals surface area contributed by atoms with Crippen LogP contribution in [0.25, 0.3) is 0 Å². The second kappa shape index (κ2) is 9.53. The number of rotatable bonds is 10. The second-order valence-electron chi connectivity index (χ2n) is 5.10. The average molecular weight is 346 g/mol. The number of ether oxygens (including phenoxy) is 1. The molecule has 0 aliphatic rings. The lowest BCUT2D eigenvalue weighted by molar-refractivity contribution is 0.0575. The molecule has 0 amide bonds. The van der Waals surface area contributed by atoms with Gasteiger partial charge in [0.25, 0.3) is 0 Å². The zero-order chi connectivity index (χ0) is 15.0. The molecule has 1 aromatic heterocycles. The summed E-state index contributed by atoms with van der Waals surface area (Å²) in [6.45, 7) is 8.48. The minimum Gasteiger partial charge on any atom is -0.379 e. The van der Waals surface area contributed by atoms with Crippen molar-refractivity contribution in [3.63, 3.8) is 0 Å². The molecule has 0 aliphatic heterocycles. The van der Waals surface area contributed by atoms with Gasteiger partial charge in [0.2, 0.25) is 0 Å². The number of halogens is 1. The molecule has 0 fully saturated rings. The molecule has 0 bridgehead atoms. The number of nitrogens with one attached hydrogen (secondary N) is 1. The van der Waals surface area contributed by atoms with Crippen molar-refractivity contribution in [2.75, 3.05) is 13.7 Å². The molecule has 0 aromatic carbocycles. The van der Waals surface area contributed by atoms with Crippen molar-refractivity contribution in [1.82, 2.24) is 15.1 Å². The van der Waals surface area contributed by atoms with Crippen molar-refractivity contribution in [1.29, 1.82) is 0 Å². The molecule has 116 valence electrons. The third-order valence-electron chi connectivity index (χ3n) is 3.43. The zero-order valence-electron chi connectivity index (χ0n) is 13.2. The summed E-state index contributed by atoms with van der Waals surface area (Å²) in [5.41, 5.74) is 1.21. The molecule has 20 heavy (non-hydrogen) atoms. The maximum atomic E-state index is 5.74. The van der Waals surface area contributed by atoms with Crippen molar-refractivity contribution < 1.29 is 4.74 Å². The van der Waals surface area contributed by atoms with Crippen molar-refractivity contribution in [2.24, 2.45) is 0 Å². The molecule has 1 heterocycles. The second-order valence-corrected chi connectivity index (χ2v) is 5.95. The van der Waals surface area contributed by atoms with Gasteiger partial charge >= 0.3 is 0 Å². The van der Waals surface area contributed by atoms with Crippen LogP contribution >= 0.6 is 15.9 Å². The van der Waals surface area contributed by atoms with Crippen LogP contribution in [0.4, 0.5) is 0 Å². The highest BCUT2D eigenvalue weighted by Crippen LogP contribution is 2.29. The van der Waals surface area contributed by atoms with Crippen molar-refractivity contribution in [3.05, 3.63) is 16.4 Å². The number of nitrogens with zero attached hydrogens (tertiary/aromatic N) is 2. The first-order valence-electron chi connectivity index (χ1n) is 7.66. The number of hydrogen-bond acceptors (Lipinski definition) is 3. The summed E-state index contributed by atoms with van der Waals surface area (Å²) in [7, 11) is 1.80. The third kappa shape index (κ3) is 4.57. The Bertz CT molecular complexity index is 381. The van der Waals surface area contributed by atoms with Crippen LogP contribution in [-0.2, 0) is 11.3 Å². The Hall–Kier alpha value is -0.390. The Morgan fingerprint density at radius 2 is 2.05 bits per heavy atom. The number of hydrogen-bond donors (Lipinski definition) is 1. The molecule has 0 spiro atoms. The van der Waals surface area contributed by atoms with Gasteiger partial charge in [-0.25, -0.2) is 0 Å². The molecule has 0 saturated heterocycles. The van der Waals surface area contributed by atoms with Gasteiger partial charge in [-0.2, -0.15) is 5.10 Å². The molecule has 4 nitrogen and oxygen atoms in total. The van der Waals surface area contributed by atoms with Gasteiger partial charge in [-0.05, 0) is 41.7 Å². The van der Waals surface area contributed by atoms with E-state index in [0.29, 0.717) is 0 Å². The molecule has 0 radical (unpaired) electrons. The van der Waals surface area contributed by atoms with Gasteiger partial charge in [-0.1, -0.05) is 27.2 Å². The Labute approximate surface area is 131 Å². The molecule has 1 N–H and O–H groups in total. The molecular formula is C15H28BrN3O. The van der Waals surface area contributed by atoms with Crippen LogP contribution in [0.15, 0.2) is 10.7 Å². The number of methoxy groups -OCH3 is 1. The molecule has 0 saturated carbocycles. The lowest BCUT2D eigenvalue weighted by Crippen LogP contribution is -2.35. The Morgan fingerprint density at radius 1 is 1.30 bits per heavy atom. The van der Waals surface area contributed by atoms with Crippen LogP contribution in [0.3, 0.4) is 0 Å². The van der Waals surface area contributed by atoms with E-state index in [-0.39, 0.29) is 12.1 Å². The largest absolute Gasteiger partial charge is 0.379 e. The quantitative estimate of drug-likeness (QED) is 0.698. The van der Waals surface area contributed by atoms with Crippen LogP contribution in [0.2, 0.25) is 0 Å². The minimum absolute atomic E-state index is 0.176. The zero-order valence-corrected chi connectivity index (χ0v) is 14.7. The van der Waals surface area contributed by atoms with E-state index in [9.17, 15) is 0 Å². The average Bonchev–Trinajstić information content (AvgIpc) is 2.80. The fourth-order valence-corrected chi connectivity index (χ4v) is 3.02. The lowest BCUT2D eigenvalue weighted by atomic mass is 10.0. The van der Waals surface area contributed by atoms with Crippen molar-refractivity contribution >= 4 is 15.9 Å². The normalized spacial score (nSPS) is 14.4. The fraction of sp³-hybridized carbons (Fsp3) is 0.800. The molecule has 0 aliphatic carbocycles. The van der Waals surface area contributed by atoms with E-state index in [0.717, 1.165) is 43.2 Å². The molecule has 1 rings (SSSR count). The van der Waals surface area contributed by atoms with Crippen LogP contribution in [0.5, 0.6) is 0 Å². The minimum atomic E-state index is 0.176. The van der Waals surface area contributed by atoms with Gasteiger partial charge in [0.05, 0.1) is 28.5 Å². The van der Waals surface area contributed by atoms with Gasteiger partial charge in [-0.3, -0.25) is 4.68 Å². The summed E-state index contributed by atoms with van der Waals surface area (Å²) in [5.74, 6) is 0. The van der Waals surface area contributed by atoms with Gasteiger partial charge < -0.3 is 10.1 Å². The highest BCUT2D eigenvalue weighted by molar-refractivity contribution is 9.10. The smallest absolute Gasteiger partial charge is 0.0781 e. The van der Waals surface area contributed by atoms with E-state index in [4.69, 9.17) is 4.74 Å². The highest BCUT2D eigenvalue weighted by Gasteiger charge is 2.27. The van der Waals surface area contributed by atoms with E-state index >= 15 is 0 Å². The van der Waals surface area contributed by atoms with E-state index in [1.165, 1.54) is 5.69 Å². The number of aryl methyl sites for hydroxylation is 1. The lowest BCUT2D eigenvalue weighted by Gasteiger charge is -2.28. The van der Waals surface area contributed by atoms with Crippen molar-refractivity contribution in [3.8, 4) is 0 Å². The number of aromatic nitrogens is 2. The first-order chi connectivity index (χ1) is 9.69. The standard InChI is InChI=1S/C15H28BrN3O/c1-5-8-13(20-4)14(17-9-6-2)15-12(16)11-18-19(15)10-7-3/h11,13-14,17H,5-10H2,1-4H3. The Kier molecular flexibility index (Phi) is 8.41. The maximum absolute atomic E-state index is 5.74. The maximum Gasteiger partial charge on any atom is 0.0781 e. The first kappa shape index (κ1) is 17.7. The fourth-order valence-electron chi connectivity index (χ4n) is 2.48. The van der Waals surface area contributed by atoms with Crippen LogP contribution in [-0.4, -0.2) is 29.5 Å². The predicted molar refractivity (Wildman–Crippen MR) is 87.0 cm³/mol. The SMILES string of the molecule is CCCNC(c1c(Br)cnn1CCC)C(CCC)OC. The van der Waals surface area contributed by atoms with E-state index < -0.39 is 0 Å². The van der Waals surface area contributed by atoms with Gasteiger partial charge in [0.15, 0.2) is 0 Å².